The van der Waals surface area contributed by atoms with Gasteiger partial charge in [-0.1, -0.05) is 19.3 Å². The minimum absolute atomic E-state index is 0.817. The minimum Gasteiger partial charge on any atom is -0.318 e. The van der Waals surface area contributed by atoms with Crippen molar-refractivity contribution in [1.29, 1.82) is 0 Å². The molecule has 0 radical (unpaired) electrons. The van der Waals surface area contributed by atoms with E-state index in [2.05, 4.69) is 10.6 Å². The van der Waals surface area contributed by atoms with Crippen molar-refractivity contribution < 1.29 is 0 Å². The average Bonchev–Trinajstić information content (AvgIpc) is 2.07. The fraction of sp³-hybridized carbons (Fsp3) is 1.00. The maximum Gasteiger partial charge on any atom is 0.00792 e. The molecule has 66 valence electrons. The van der Waals surface area contributed by atoms with Crippen LogP contribution in [0.5, 0.6) is 0 Å². The lowest BCUT2D eigenvalue weighted by molar-refractivity contribution is 0.374. The van der Waals surface area contributed by atoms with Gasteiger partial charge < -0.3 is 10.6 Å². The van der Waals surface area contributed by atoms with E-state index in [0.717, 1.165) is 19.1 Å². The average molecular weight is 156 g/mol. The van der Waals surface area contributed by atoms with E-state index >= 15 is 0 Å². The smallest absolute Gasteiger partial charge is 0.00792 e. The highest BCUT2D eigenvalue weighted by Gasteiger charge is 2.11. The van der Waals surface area contributed by atoms with Crippen LogP contribution in [0.3, 0.4) is 0 Å². The van der Waals surface area contributed by atoms with Gasteiger partial charge in [0.15, 0.2) is 0 Å². The molecule has 0 bridgehead atoms. The summed E-state index contributed by atoms with van der Waals surface area (Å²) >= 11 is 0. The first-order chi connectivity index (χ1) is 5.43. The molecule has 0 heterocycles. The third-order valence-electron chi connectivity index (χ3n) is 2.41. The van der Waals surface area contributed by atoms with Crippen LogP contribution in [0, 0.1) is 0 Å². The van der Waals surface area contributed by atoms with E-state index in [1.807, 2.05) is 7.05 Å². The molecular weight excluding hydrogens is 136 g/mol. The molecule has 0 spiro atoms. The minimum atomic E-state index is 0.817. The van der Waals surface area contributed by atoms with Crippen molar-refractivity contribution in [2.75, 3.05) is 20.1 Å². The Bertz CT molecular complexity index is 87.6. The van der Waals surface area contributed by atoms with Gasteiger partial charge in [-0.2, -0.15) is 0 Å². The normalized spacial score (nSPS) is 20.5. The fourth-order valence-corrected chi connectivity index (χ4v) is 1.71. The van der Waals surface area contributed by atoms with Crippen molar-refractivity contribution in [1.82, 2.24) is 10.6 Å². The molecule has 0 aromatic rings. The van der Waals surface area contributed by atoms with Crippen LogP contribution < -0.4 is 10.6 Å². The van der Waals surface area contributed by atoms with E-state index in [1.54, 1.807) is 0 Å². The Kier molecular flexibility index (Phi) is 4.55. The van der Waals surface area contributed by atoms with Crippen molar-refractivity contribution in [3.63, 3.8) is 0 Å². The number of hydrogen-bond acceptors (Lipinski definition) is 2. The lowest BCUT2D eigenvalue weighted by Crippen LogP contribution is -2.35. The largest absolute Gasteiger partial charge is 0.318 e. The zero-order valence-corrected chi connectivity index (χ0v) is 7.53. The Morgan fingerprint density at radius 1 is 1.09 bits per heavy atom. The van der Waals surface area contributed by atoms with Gasteiger partial charge in [-0.3, -0.25) is 0 Å². The summed E-state index contributed by atoms with van der Waals surface area (Å²) in [6.07, 6.45) is 7.09. The molecule has 1 rings (SSSR count). The standard InChI is InChI=1S/C9H20N2/c1-10-7-8-11-9-5-3-2-4-6-9/h9-11H,2-8H2,1H3. The lowest BCUT2D eigenvalue weighted by atomic mass is 9.95. The maximum absolute atomic E-state index is 3.56. The molecule has 2 nitrogen and oxygen atoms in total. The predicted octanol–water partition coefficient (Wildman–Crippen LogP) is 1.13. The van der Waals surface area contributed by atoms with Gasteiger partial charge >= 0.3 is 0 Å². The molecule has 1 fully saturated rings. The van der Waals surface area contributed by atoms with Gasteiger partial charge in [-0.25, -0.2) is 0 Å². The van der Waals surface area contributed by atoms with E-state index in [-0.39, 0.29) is 0 Å². The molecular formula is C9H20N2. The number of rotatable bonds is 4. The zero-order chi connectivity index (χ0) is 7.94. The van der Waals surface area contributed by atoms with Crippen molar-refractivity contribution in [2.24, 2.45) is 0 Å². The molecule has 0 saturated heterocycles. The van der Waals surface area contributed by atoms with Gasteiger partial charge in [-0.05, 0) is 19.9 Å². The van der Waals surface area contributed by atoms with Crippen LogP contribution >= 0.6 is 0 Å². The molecule has 0 atom stereocenters. The predicted molar refractivity (Wildman–Crippen MR) is 48.8 cm³/mol. The zero-order valence-electron chi connectivity index (χ0n) is 7.53. The van der Waals surface area contributed by atoms with E-state index in [4.69, 9.17) is 0 Å². The summed E-state index contributed by atoms with van der Waals surface area (Å²) in [6, 6.07) is 0.817. The van der Waals surface area contributed by atoms with Crippen molar-refractivity contribution in [3.8, 4) is 0 Å². The van der Waals surface area contributed by atoms with E-state index < -0.39 is 0 Å². The molecule has 0 unspecified atom stereocenters. The summed E-state index contributed by atoms with van der Waals surface area (Å²) in [7, 11) is 2.00. The Morgan fingerprint density at radius 3 is 2.45 bits per heavy atom. The van der Waals surface area contributed by atoms with Gasteiger partial charge in [0.2, 0.25) is 0 Å². The molecule has 2 heteroatoms. The maximum atomic E-state index is 3.56. The van der Waals surface area contributed by atoms with E-state index in [0.29, 0.717) is 0 Å². The highest BCUT2D eigenvalue weighted by atomic mass is 14.9. The number of likely N-dealkylation sites (N-methyl/N-ethyl adjacent to an activating group) is 1. The molecule has 11 heavy (non-hydrogen) atoms. The third-order valence-corrected chi connectivity index (χ3v) is 2.41. The van der Waals surface area contributed by atoms with Gasteiger partial charge in [-0.15, -0.1) is 0 Å². The summed E-state index contributed by atoms with van der Waals surface area (Å²) in [4.78, 5) is 0. The number of nitrogens with one attached hydrogen (secondary N) is 2. The van der Waals surface area contributed by atoms with Gasteiger partial charge in [0.1, 0.15) is 0 Å². The first-order valence-corrected chi connectivity index (χ1v) is 4.81. The molecule has 1 aliphatic rings. The van der Waals surface area contributed by atoms with Gasteiger partial charge in [0.25, 0.3) is 0 Å². The van der Waals surface area contributed by atoms with Crippen LogP contribution in [-0.2, 0) is 0 Å². The molecule has 1 aliphatic carbocycles. The Balaban J connectivity index is 1.96. The SMILES string of the molecule is CNCCNC1CCCCC1. The molecule has 0 amide bonds. The summed E-state index contributed by atoms with van der Waals surface area (Å²) in [5.74, 6) is 0. The Labute approximate surface area is 69.8 Å². The highest BCUT2D eigenvalue weighted by Crippen LogP contribution is 2.16. The summed E-state index contributed by atoms with van der Waals surface area (Å²) < 4.78 is 0. The van der Waals surface area contributed by atoms with Gasteiger partial charge in [0, 0.05) is 19.1 Å². The molecule has 0 aromatic heterocycles. The van der Waals surface area contributed by atoms with Crippen LogP contribution in [0.4, 0.5) is 0 Å². The topological polar surface area (TPSA) is 24.1 Å². The lowest BCUT2D eigenvalue weighted by Gasteiger charge is -2.22. The van der Waals surface area contributed by atoms with Crippen LogP contribution in [0.25, 0.3) is 0 Å². The molecule has 0 aliphatic heterocycles. The highest BCUT2D eigenvalue weighted by molar-refractivity contribution is 4.71. The van der Waals surface area contributed by atoms with Crippen molar-refractivity contribution in [3.05, 3.63) is 0 Å². The van der Waals surface area contributed by atoms with Gasteiger partial charge in [0.05, 0.1) is 0 Å². The summed E-state index contributed by atoms with van der Waals surface area (Å²) in [5.41, 5.74) is 0. The third kappa shape index (κ3) is 3.73. The summed E-state index contributed by atoms with van der Waals surface area (Å²) in [5, 5.41) is 6.70. The fourth-order valence-electron chi connectivity index (χ4n) is 1.71. The van der Waals surface area contributed by atoms with Crippen LogP contribution in [0.15, 0.2) is 0 Å². The number of hydrogen-bond donors (Lipinski definition) is 2. The van der Waals surface area contributed by atoms with Crippen LogP contribution in [-0.4, -0.2) is 26.2 Å². The quantitative estimate of drug-likeness (QED) is 0.596. The molecule has 0 aromatic carbocycles. The van der Waals surface area contributed by atoms with Crippen LogP contribution in [0.1, 0.15) is 32.1 Å². The Morgan fingerprint density at radius 2 is 1.82 bits per heavy atom. The molecule has 1 saturated carbocycles. The van der Waals surface area contributed by atoms with E-state index in [1.165, 1.54) is 32.1 Å². The van der Waals surface area contributed by atoms with Crippen molar-refractivity contribution >= 4 is 0 Å². The summed E-state index contributed by atoms with van der Waals surface area (Å²) in [6.45, 7) is 2.22. The molecule has 2 N–H and O–H groups in total. The van der Waals surface area contributed by atoms with Crippen LogP contribution in [0.2, 0.25) is 0 Å². The first-order valence-electron chi connectivity index (χ1n) is 4.81. The second kappa shape index (κ2) is 5.56. The van der Waals surface area contributed by atoms with Crippen molar-refractivity contribution in [2.45, 2.75) is 38.1 Å². The Hall–Kier alpha value is -0.0800. The second-order valence-corrected chi connectivity index (χ2v) is 3.39. The second-order valence-electron chi connectivity index (χ2n) is 3.39. The van der Waals surface area contributed by atoms with E-state index in [9.17, 15) is 0 Å². The first kappa shape index (κ1) is 9.01. The monoisotopic (exact) mass is 156 g/mol.